The number of aryl methyl sites for hydroxylation is 1. The molecule has 4 rings (SSSR count). The number of furan rings is 1. The van der Waals surface area contributed by atoms with E-state index in [1.165, 1.54) is 0 Å². The van der Waals surface area contributed by atoms with E-state index in [0.717, 1.165) is 28.1 Å². The van der Waals surface area contributed by atoms with Crippen LogP contribution in [0.1, 0.15) is 27.4 Å². The normalized spacial score (nSPS) is 10.6. The number of carbonyl (C=O) groups is 1. The van der Waals surface area contributed by atoms with E-state index in [9.17, 15) is 4.79 Å². The van der Waals surface area contributed by atoms with Gasteiger partial charge in [0.2, 0.25) is 0 Å². The number of rotatable bonds is 6. The summed E-state index contributed by atoms with van der Waals surface area (Å²) in [7, 11) is 0. The molecule has 2 aromatic heterocycles. The summed E-state index contributed by atoms with van der Waals surface area (Å²) in [6, 6.07) is 20.8. The number of benzene rings is 2. The molecule has 150 valence electrons. The Hall–Kier alpha value is -3.93. The third-order valence-corrected chi connectivity index (χ3v) is 4.87. The number of aromatic nitrogens is 2. The Morgan fingerprint density at radius 2 is 1.80 bits per heavy atom. The van der Waals surface area contributed by atoms with E-state index in [2.05, 4.69) is 20.6 Å². The lowest BCUT2D eigenvalue weighted by atomic mass is 10.1. The van der Waals surface area contributed by atoms with E-state index in [1.54, 1.807) is 12.3 Å². The highest BCUT2D eigenvalue weighted by atomic mass is 16.3. The molecule has 2 heterocycles. The van der Waals surface area contributed by atoms with Crippen LogP contribution >= 0.6 is 0 Å². The summed E-state index contributed by atoms with van der Waals surface area (Å²) in [5.41, 5.74) is 4.03. The monoisotopic (exact) mass is 398 g/mol. The van der Waals surface area contributed by atoms with E-state index in [1.807, 2.05) is 74.5 Å². The minimum Gasteiger partial charge on any atom is -0.467 e. The molecule has 0 saturated carbocycles. The number of nitrogens with zero attached hydrogens (tertiary/aromatic N) is 2. The van der Waals surface area contributed by atoms with Gasteiger partial charge in [0.05, 0.1) is 12.8 Å². The topological polar surface area (TPSA) is 80.0 Å². The van der Waals surface area contributed by atoms with Crippen LogP contribution in [0.2, 0.25) is 0 Å². The van der Waals surface area contributed by atoms with Crippen molar-refractivity contribution >= 4 is 17.4 Å². The van der Waals surface area contributed by atoms with Crippen molar-refractivity contribution in [2.45, 2.75) is 20.4 Å². The zero-order valence-corrected chi connectivity index (χ0v) is 16.8. The predicted molar refractivity (Wildman–Crippen MR) is 117 cm³/mol. The summed E-state index contributed by atoms with van der Waals surface area (Å²) in [5, 5.41) is 6.18. The first-order chi connectivity index (χ1) is 14.6. The number of nitrogens with one attached hydrogen (secondary N) is 2. The first-order valence-corrected chi connectivity index (χ1v) is 9.68. The first-order valence-electron chi connectivity index (χ1n) is 9.68. The zero-order chi connectivity index (χ0) is 20.9. The molecule has 6 heteroatoms. The highest BCUT2D eigenvalue weighted by Gasteiger charge is 2.15. The van der Waals surface area contributed by atoms with Gasteiger partial charge in [0, 0.05) is 17.3 Å². The lowest BCUT2D eigenvalue weighted by Gasteiger charge is -2.12. The number of amides is 1. The van der Waals surface area contributed by atoms with Crippen molar-refractivity contribution in [3.8, 4) is 11.4 Å². The van der Waals surface area contributed by atoms with E-state index >= 15 is 0 Å². The van der Waals surface area contributed by atoms with Crippen LogP contribution in [-0.2, 0) is 6.54 Å². The van der Waals surface area contributed by atoms with Crippen LogP contribution in [0.4, 0.5) is 11.5 Å². The molecule has 0 spiro atoms. The van der Waals surface area contributed by atoms with Gasteiger partial charge in [0.25, 0.3) is 5.91 Å². The van der Waals surface area contributed by atoms with Crippen LogP contribution in [0.15, 0.2) is 77.4 Å². The van der Waals surface area contributed by atoms with Crippen molar-refractivity contribution in [1.29, 1.82) is 0 Å². The summed E-state index contributed by atoms with van der Waals surface area (Å²) in [6.07, 6.45) is 1.62. The van der Waals surface area contributed by atoms with Crippen LogP contribution in [0.5, 0.6) is 0 Å². The molecule has 0 unspecified atom stereocenters. The second kappa shape index (κ2) is 8.61. The van der Waals surface area contributed by atoms with Gasteiger partial charge in [-0.1, -0.05) is 42.5 Å². The molecule has 0 saturated heterocycles. The van der Waals surface area contributed by atoms with Gasteiger partial charge < -0.3 is 15.1 Å². The molecule has 6 nitrogen and oxygen atoms in total. The van der Waals surface area contributed by atoms with Crippen molar-refractivity contribution in [1.82, 2.24) is 9.97 Å². The van der Waals surface area contributed by atoms with Gasteiger partial charge >= 0.3 is 0 Å². The standard InChI is InChI=1S/C24H22N4O2/c1-16-8-6-12-20(17(16)2)27-24(29)21-14-22(25-15-19-11-7-13-30-19)28-23(26-21)18-9-4-3-5-10-18/h3-14H,15H2,1-2H3,(H,27,29)(H,25,26,28). The van der Waals surface area contributed by atoms with Gasteiger partial charge in [-0.15, -0.1) is 0 Å². The molecule has 30 heavy (non-hydrogen) atoms. The summed E-state index contributed by atoms with van der Waals surface area (Å²) in [4.78, 5) is 22.1. The number of carbonyl (C=O) groups excluding carboxylic acids is 1. The molecular weight excluding hydrogens is 376 g/mol. The fourth-order valence-corrected chi connectivity index (χ4v) is 3.03. The molecule has 0 aliphatic rings. The van der Waals surface area contributed by atoms with Gasteiger partial charge in [-0.05, 0) is 43.2 Å². The van der Waals surface area contributed by atoms with Crippen LogP contribution in [0.25, 0.3) is 11.4 Å². The Labute approximate surface area is 175 Å². The lowest BCUT2D eigenvalue weighted by Crippen LogP contribution is -2.16. The van der Waals surface area contributed by atoms with Crippen molar-refractivity contribution in [2.75, 3.05) is 10.6 Å². The number of anilines is 2. The fraction of sp³-hybridized carbons (Fsp3) is 0.125. The number of hydrogen-bond donors (Lipinski definition) is 2. The van der Waals surface area contributed by atoms with Crippen molar-refractivity contribution in [2.24, 2.45) is 0 Å². The summed E-state index contributed by atoms with van der Waals surface area (Å²) < 4.78 is 5.37. The molecule has 2 N–H and O–H groups in total. The Balaban J connectivity index is 1.65. The fourth-order valence-electron chi connectivity index (χ4n) is 3.03. The van der Waals surface area contributed by atoms with Crippen molar-refractivity contribution in [3.63, 3.8) is 0 Å². The zero-order valence-electron chi connectivity index (χ0n) is 16.8. The first kappa shape index (κ1) is 19.4. The molecule has 1 amide bonds. The molecule has 0 aliphatic heterocycles. The molecular formula is C24H22N4O2. The molecule has 4 aromatic rings. The van der Waals surface area contributed by atoms with Crippen molar-refractivity contribution < 1.29 is 9.21 Å². The molecule has 0 aliphatic carbocycles. The van der Waals surface area contributed by atoms with Crippen molar-refractivity contribution in [3.05, 3.63) is 95.6 Å². The second-order valence-corrected chi connectivity index (χ2v) is 6.96. The van der Waals surface area contributed by atoms with E-state index in [-0.39, 0.29) is 11.6 Å². The van der Waals surface area contributed by atoms with Gasteiger partial charge in [-0.2, -0.15) is 0 Å². The Kier molecular flexibility index (Phi) is 5.57. The minimum absolute atomic E-state index is 0.284. The lowest BCUT2D eigenvalue weighted by molar-refractivity contribution is 0.102. The highest BCUT2D eigenvalue weighted by Crippen LogP contribution is 2.21. The molecule has 0 bridgehead atoms. The predicted octanol–water partition coefficient (Wildman–Crippen LogP) is 5.22. The Morgan fingerprint density at radius 1 is 0.967 bits per heavy atom. The SMILES string of the molecule is Cc1cccc(NC(=O)c2cc(NCc3ccco3)nc(-c3ccccc3)n2)c1C. The Morgan fingerprint density at radius 3 is 2.57 bits per heavy atom. The third-order valence-electron chi connectivity index (χ3n) is 4.87. The molecule has 2 aromatic carbocycles. The maximum atomic E-state index is 13.0. The van der Waals surface area contributed by atoms with Gasteiger partial charge in [0.15, 0.2) is 5.82 Å². The quantitative estimate of drug-likeness (QED) is 0.466. The third kappa shape index (κ3) is 4.38. The van der Waals surface area contributed by atoms with Crippen LogP contribution < -0.4 is 10.6 Å². The average molecular weight is 398 g/mol. The van der Waals surface area contributed by atoms with E-state index < -0.39 is 0 Å². The molecule has 0 radical (unpaired) electrons. The Bertz CT molecular complexity index is 1160. The smallest absolute Gasteiger partial charge is 0.274 e. The van der Waals surface area contributed by atoms with Crippen LogP contribution in [-0.4, -0.2) is 15.9 Å². The average Bonchev–Trinajstić information content (AvgIpc) is 3.29. The van der Waals surface area contributed by atoms with Gasteiger partial charge in [-0.25, -0.2) is 9.97 Å². The van der Waals surface area contributed by atoms with Crippen LogP contribution in [0, 0.1) is 13.8 Å². The largest absolute Gasteiger partial charge is 0.467 e. The summed E-state index contributed by atoms with van der Waals surface area (Å²) in [6.45, 7) is 4.45. The summed E-state index contributed by atoms with van der Waals surface area (Å²) in [5.74, 6) is 1.51. The molecule has 0 fully saturated rings. The highest BCUT2D eigenvalue weighted by molar-refractivity contribution is 6.04. The van der Waals surface area contributed by atoms with Gasteiger partial charge in [-0.3, -0.25) is 4.79 Å². The maximum Gasteiger partial charge on any atom is 0.274 e. The van der Waals surface area contributed by atoms with E-state index in [0.29, 0.717) is 18.2 Å². The maximum absolute atomic E-state index is 13.0. The second-order valence-electron chi connectivity index (χ2n) is 6.96. The molecule has 0 atom stereocenters. The van der Waals surface area contributed by atoms with Gasteiger partial charge in [0.1, 0.15) is 17.3 Å². The van der Waals surface area contributed by atoms with E-state index in [4.69, 9.17) is 4.42 Å². The number of hydrogen-bond acceptors (Lipinski definition) is 5. The summed E-state index contributed by atoms with van der Waals surface area (Å²) >= 11 is 0. The minimum atomic E-state index is -0.288. The van der Waals surface area contributed by atoms with Crippen LogP contribution in [0.3, 0.4) is 0 Å².